The van der Waals surface area contributed by atoms with Crippen molar-refractivity contribution in [2.75, 3.05) is 11.9 Å². The second-order valence-corrected chi connectivity index (χ2v) is 8.75. The van der Waals surface area contributed by atoms with Crippen molar-refractivity contribution < 1.29 is 9.63 Å². The van der Waals surface area contributed by atoms with E-state index in [-0.39, 0.29) is 12.5 Å². The molecule has 4 N–H and O–H groups in total. The Labute approximate surface area is 188 Å². The quantitative estimate of drug-likeness (QED) is 0.312. The van der Waals surface area contributed by atoms with Crippen molar-refractivity contribution >= 4 is 57.0 Å². The number of aromatic nitrogens is 2. The highest BCUT2D eigenvalue weighted by molar-refractivity contribution is 14.1. The van der Waals surface area contributed by atoms with Crippen molar-refractivity contribution in [3.05, 3.63) is 55.9 Å². The summed E-state index contributed by atoms with van der Waals surface area (Å²) in [6.07, 6.45) is 3.37. The number of carbonyl (C=O) groups is 1. The molecule has 3 aromatic rings. The summed E-state index contributed by atoms with van der Waals surface area (Å²) >= 11 is 8.61. The molecule has 0 aliphatic rings. The molecular weight excluding hydrogens is 505 g/mol. The molecule has 3 rings (SSSR count). The van der Waals surface area contributed by atoms with Crippen LogP contribution in [0.5, 0.6) is 0 Å². The van der Waals surface area contributed by atoms with E-state index in [1.54, 1.807) is 16.9 Å². The van der Waals surface area contributed by atoms with Gasteiger partial charge in [-0.1, -0.05) is 25.4 Å². The minimum absolute atomic E-state index is 0.289. The molecule has 1 amide bonds. The molecule has 0 aliphatic heterocycles. The molecule has 0 bridgehead atoms. The Morgan fingerprint density at radius 2 is 2.17 bits per heavy atom. The van der Waals surface area contributed by atoms with E-state index >= 15 is 0 Å². The Morgan fingerprint density at radius 1 is 1.41 bits per heavy atom. The van der Waals surface area contributed by atoms with Crippen molar-refractivity contribution in [3.63, 3.8) is 0 Å². The molecule has 0 spiro atoms. The van der Waals surface area contributed by atoms with E-state index in [2.05, 4.69) is 38.5 Å². The third-order valence-electron chi connectivity index (χ3n) is 4.37. The van der Waals surface area contributed by atoms with E-state index in [1.165, 1.54) is 0 Å². The Balaban J connectivity index is 2.02. The molecule has 0 atom stereocenters. The van der Waals surface area contributed by atoms with Crippen LogP contribution in [0.3, 0.4) is 0 Å². The van der Waals surface area contributed by atoms with Crippen LogP contribution in [0.15, 0.2) is 30.6 Å². The van der Waals surface area contributed by atoms with Crippen LogP contribution in [0.2, 0.25) is 5.02 Å². The van der Waals surface area contributed by atoms with E-state index < -0.39 is 0 Å². The summed E-state index contributed by atoms with van der Waals surface area (Å²) in [5, 5.41) is 8.38. The van der Waals surface area contributed by atoms with E-state index in [0.29, 0.717) is 23.1 Å². The van der Waals surface area contributed by atoms with Gasteiger partial charge in [0.25, 0.3) is 5.91 Å². The number of amides is 1. The van der Waals surface area contributed by atoms with Crippen molar-refractivity contribution in [1.29, 1.82) is 0 Å². The van der Waals surface area contributed by atoms with Gasteiger partial charge in [0.1, 0.15) is 0 Å². The molecule has 0 saturated carbocycles. The van der Waals surface area contributed by atoms with Crippen LogP contribution >= 0.6 is 34.2 Å². The molecule has 29 heavy (non-hydrogen) atoms. The van der Waals surface area contributed by atoms with E-state index in [1.807, 2.05) is 39.0 Å². The molecule has 1 aromatic carbocycles. The number of rotatable bonds is 7. The van der Waals surface area contributed by atoms with E-state index in [4.69, 9.17) is 22.2 Å². The predicted molar refractivity (Wildman–Crippen MR) is 124 cm³/mol. The molecule has 2 aromatic heterocycles. The molecule has 7 nitrogen and oxygen atoms in total. The Morgan fingerprint density at radius 3 is 2.83 bits per heavy atom. The largest absolute Gasteiger partial charge is 0.352 e. The molecule has 9 heteroatoms. The summed E-state index contributed by atoms with van der Waals surface area (Å²) in [6, 6.07) is 5.75. The lowest BCUT2D eigenvalue weighted by Gasteiger charge is -2.15. The van der Waals surface area contributed by atoms with E-state index in [0.717, 1.165) is 31.6 Å². The highest BCUT2D eigenvalue weighted by Gasteiger charge is 2.20. The van der Waals surface area contributed by atoms with Crippen molar-refractivity contribution in [2.24, 2.45) is 11.7 Å². The number of benzene rings is 1. The maximum absolute atomic E-state index is 12.6. The average molecular weight is 528 g/mol. The van der Waals surface area contributed by atoms with Gasteiger partial charge >= 0.3 is 0 Å². The minimum Gasteiger partial charge on any atom is -0.352 e. The SMILES string of the molecule is Cc1c(C(=O)NOCC(C)C)cn2ncc(CN)c(Nc3ccc(I)cc3Cl)c12. The number of anilines is 2. The van der Waals surface area contributed by atoms with Gasteiger partial charge in [0.2, 0.25) is 0 Å². The van der Waals surface area contributed by atoms with Crippen LogP contribution in [-0.2, 0) is 11.4 Å². The third-order valence-corrected chi connectivity index (χ3v) is 5.36. The average Bonchev–Trinajstić information content (AvgIpc) is 3.01. The van der Waals surface area contributed by atoms with E-state index in [9.17, 15) is 4.79 Å². The molecule has 0 unspecified atom stereocenters. The fraction of sp³-hybridized carbons (Fsp3) is 0.300. The highest BCUT2D eigenvalue weighted by Crippen LogP contribution is 2.33. The van der Waals surface area contributed by atoms with Gasteiger partial charge in [-0.3, -0.25) is 9.63 Å². The number of nitrogens with zero attached hydrogens (tertiary/aromatic N) is 2. The first kappa shape index (κ1) is 21.8. The number of carbonyl (C=O) groups excluding carboxylic acids is 1. The number of nitrogens with two attached hydrogens (primary N) is 1. The zero-order valence-electron chi connectivity index (χ0n) is 16.4. The van der Waals surface area contributed by atoms with Crippen LogP contribution < -0.4 is 16.5 Å². The fourth-order valence-electron chi connectivity index (χ4n) is 2.90. The number of fused-ring (bicyclic) bond motifs is 1. The summed E-state index contributed by atoms with van der Waals surface area (Å²) < 4.78 is 2.70. The molecular formula is C20H23ClIN5O2. The maximum atomic E-state index is 12.6. The molecule has 0 radical (unpaired) electrons. The van der Waals surface area contributed by atoms with Crippen LogP contribution in [0.25, 0.3) is 5.52 Å². The molecule has 0 aliphatic carbocycles. The standard InChI is InChI=1S/C20H23ClIN5O2/c1-11(2)10-29-26-20(28)15-9-27-19(12(15)3)18(13(7-23)8-24-27)25-17-5-4-14(22)6-16(17)21/h4-6,8-9,11,25H,7,10,23H2,1-3H3,(H,26,28). The van der Waals surface area contributed by atoms with Crippen LogP contribution in [0.4, 0.5) is 11.4 Å². The zero-order chi connectivity index (χ0) is 21.1. The second kappa shape index (κ2) is 9.29. The van der Waals surface area contributed by atoms with Crippen molar-refractivity contribution in [1.82, 2.24) is 15.1 Å². The molecule has 0 fully saturated rings. The molecule has 154 valence electrons. The summed E-state index contributed by atoms with van der Waals surface area (Å²) in [6.45, 7) is 6.62. The number of halogens is 2. The Bertz CT molecular complexity index is 1050. The van der Waals surface area contributed by atoms with Gasteiger partial charge < -0.3 is 11.1 Å². The Kier molecular flexibility index (Phi) is 6.99. The third kappa shape index (κ3) is 4.82. The van der Waals surface area contributed by atoms with Gasteiger partial charge in [-0.15, -0.1) is 0 Å². The fourth-order valence-corrected chi connectivity index (χ4v) is 3.81. The molecule has 0 saturated heterocycles. The van der Waals surface area contributed by atoms with Crippen LogP contribution in [0.1, 0.15) is 35.3 Å². The Hall–Kier alpha value is -1.88. The van der Waals surface area contributed by atoms with Gasteiger partial charge in [-0.2, -0.15) is 5.10 Å². The second-order valence-electron chi connectivity index (χ2n) is 7.10. The van der Waals surface area contributed by atoms with Gasteiger partial charge in [-0.25, -0.2) is 10.00 Å². The summed E-state index contributed by atoms with van der Waals surface area (Å²) in [5.74, 6) is -0.00559. The lowest BCUT2D eigenvalue weighted by atomic mass is 10.1. The minimum atomic E-state index is -0.318. The lowest BCUT2D eigenvalue weighted by Crippen LogP contribution is -2.25. The number of hydroxylamine groups is 1. The first-order chi connectivity index (χ1) is 13.8. The maximum Gasteiger partial charge on any atom is 0.276 e. The highest BCUT2D eigenvalue weighted by atomic mass is 127. The normalized spacial score (nSPS) is 11.3. The number of aryl methyl sites for hydroxylation is 1. The topological polar surface area (TPSA) is 93.7 Å². The lowest BCUT2D eigenvalue weighted by molar-refractivity contribution is 0.0208. The van der Waals surface area contributed by atoms with Gasteiger partial charge in [-0.05, 0) is 59.2 Å². The van der Waals surface area contributed by atoms with Gasteiger partial charge in [0, 0.05) is 21.9 Å². The van der Waals surface area contributed by atoms with Crippen LogP contribution in [0, 0.1) is 16.4 Å². The molecule has 2 heterocycles. The number of nitrogens with one attached hydrogen (secondary N) is 2. The number of hydrogen-bond acceptors (Lipinski definition) is 5. The predicted octanol–water partition coefficient (Wildman–Crippen LogP) is 4.42. The first-order valence-corrected chi connectivity index (χ1v) is 10.6. The summed E-state index contributed by atoms with van der Waals surface area (Å²) in [4.78, 5) is 17.9. The summed E-state index contributed by atoms with van der Waals surface area (Å²) in [7, 11) is 0. The van der Waals surface area contributed by atoms with Crippen molar-refractivity contribution in [3.8, 4) is 0 Å². The summed E-state index contributed by atoms with van der Waals surface area (Å²) in [5.41, 5.74) is 12.8. The monoisotopic (exact) mass is 527 g/mol. The van der Waals surface area contributed by atoms with Gasteiger partial charge in [0.05, 0.1) is 40.3 Å². The smallest absolute Gasteiger partial charge is 0.276 e. The first-order valence-electron chi connectivity index (χ1n) is 9.16. The zero-order valence-corrected chi connectivity index (χ0v) is 19.3. The van der Waals surface area contributed by atoms with Crippen molar-refractivity contribution in [2.45, 2.75) is 27.3 Å². The van der Waals surface area contributed by atoms with Gasteiger partial charge in [0.15, 0.2) is 0 Å². The number of hydrogen-bond donors (Lipinski definition) is 3. The van der Waals surface area contributed by atoms with Crippen LogP contribution in [-0.4, -0.2) is 22.1 Å².